The van der Waals surface area contributed by atoms with Crippen LogP contribution in [0.1, 0.15) is 24.9 Å². The Morgan fingerprint density at radius 3 is 2.73 bits per heavy atom. The minimum Gasteiger partial charge on any atom is -0.481 e. The molecular weight excluding hydrogens is 198 g/mol. The number of nitrogens with zero attached hydrogens (tertiary/aromatic N) is 2. The Labute approximate surface area is 86.9 Å². The summed E-state index contributed by atoms with van der Waals surface area (Å²) in [6.45, 7) is 1.35. The number of carbonyl (C=O) groups excluding carboxylic acids is 1. The predicted octanol–water partition coefficient (Wildman–Crippen LogP) is 0.0720. The van der Waals surface area contributed by atoms with Gasteiger partial charge in [-0.1, -0.05) is 0 Å². The van der Waals surface area contributed by atoms with E-state index in [1.54, 1.807) is 24.1 Å². The highest BCUT2D eigenvalue weighted by Crippen LogP contribution is 2.15. The molecule has 2 N–H and O–H groups in total. The van der Waals surface area contributed by atoms with Crippen LogP contribution in [-0.4, -0.2) is 26.8 Å². The molecule has 1 atom stereocenters. The van der Waals surface area contributed by atoms with Gasteiger partial charge in [0.05, 0.1) is 18.7 Å². The van der Waals surface area contributed by atoms with Crippen LogP contribution in [0.2, 0.25) is 0 Å². The van der Waals surface area contributed by atoms with Crippen LogP contribution in [0.25, 0.3) is 0 Å². The van der Waals surface area contributed by atoms with E-state index < -0.39 is 12.0 Å². The summed E-state index contributed by atoms with van der Waals surface area (Å²) in [6, 6.07) is -0.520. The molecule has 0 aliphatic carbocycles. The van der Waals surface area contributed by atoms with Crippen LogP contribution in [0.4, 0.5) is 0 Å². The number of nitrogens with one attached hydrogen (secondary N) is 1. The molecule has 0 saturated heterocycles. The van der Waals surface area contributed by atoms with Gasteiger partial charge in [0.15, 0.2) is 0 Å². The highest BCUT2D eigenvalue weighted by molar-refractivity contribution is 5.75. The summed E-state index contributed by atoms with van der Waals surface area (Å²) < 4.78 is 1.56. The minimum atomic E-state index is -0.961. The maximum absolute atomic E-state index is 10.9. The largest absolute Gasteiger partial charge is 0.481 e. The number of aryl methyl sites for hydroxylation is 1. The van der Waals surface area contributed by atoms with E-state index in [1.807, 2.05) is 0 Å². The maximum atomic E-state index is 10.9. The van der Waals surface area contributed by atoms with E-state index in [-0.39, 0.29) is 12.3 Å². The fourth-order valence-electron chi connectivity index (χ4n) is 1.29. The van der Waals surface area contributed by atoms with Crippen molar-refractivity contribution in [3.63, 3.8) is 0 Å². The van der Waals surface area contributed by atoms with E-state index in [4.69, 9.17) is 5.11 Å². The van der Waals surface area contributed by atoms with Crippen LogP contribution in [0, 0.1) is 0 Å². The fourth-order valence-corrected chi connectivity index (χ4v) is 1.29. The first-order valence-electron chi connectivity index (χ1n) is 4.46. The second-order valence-electron chi connectivity index (χ2n) is 3.30. The third-order valence-electron chi connectivity index (χ3n) is 1.88. The summed E-state index contributed by atoms with van der Waals surface area (Å²) in [5, 5.41) is 15.2. The highest BCUT2D eigenvalue weighted by Gasteiger charge is 2.17. The van der Waals surface area contributed by atoms with E-state index in [9.17, 15) is 9.59 Å². The van der Waals surface area contributed by atoms with Gasteiger partial charge < -0.3 is 10.4 Å². The number of rotatable bonds is 4. The third-order valence-corrected chi connectivity index (χ3v) is 1.88. The number of aliphatic carboxylic acids is 1. The number of amides is 1. The smallest absolute Gasteiger partial charge is 0.305 e. The normalized spacial score (nSPS) is 12.1. The van der Waals surface area contributed by atoms with Crippen molar-refractivity contribution in [2.45, 2.75) is 19.4 Å². The molecule has 15 heavy (non-hydrogen) atoms. The summed E-state index contributed by atoms with van der Waals surface area (Å²) in [6.07, 6.45) is 3.08. The molecule has 1 unspecified atom stereocenters. The van der Waals surface area contributed by atoms with Crippen LogP contribution in [0.15, 0.2) is 12.4 Å². The molecule has 1 amide bonds. The third kappa shape index (κ3) is 3.41. The van der Waals surface area contributed by atoms with Crippen LogP contribution in [-0.2, 0) is 16.6 Å². The standard InChI is InChI=1S/C9H13N3O3/c1-6(13)11-8(3-9(14)15)7-4-10-12(2)5-7/h4-5,8H,3H2,1-2H3,(H,11,13)(H,14,15). The van der Waals surface area contributed by atoms with Gasteiger partial charge in [0.25, 0.3) is 0 Å². The van der Waals surface area contributed by atoms with E-state index >= 15 is 0 Å². The Bertz CT molecular complexity index is 356. The summed E-state index contributed by atoms with van der Waals surface area (Å²) >= 11 is 0. The summed E-state index contributed by atoms with van der Waals surface area (Å²) in [7, 11) is 1.73. The first kappa shape index (κ1) is 11.2. The summed E-state index contributed by atoms with van der Waals surface area (Å²) in [5.74, 6) is -1.22. The Balaban J connectivity index is 2.80. The van der Waals surface area contributed by atoms with Gasteiger partial charge in [-0.25, -0.2) is 0 Å². The Morgan fingerprint density at radius 2 is 2.33 bits per heavy atom. The Morgan fingerprint density at radius 1 is 1.67 bits per heavy atom. The molecule has 6 nitrogen and oxygen atoms in total. The summed E-state index contributed by atoms with van der Waals surface area (Å²) in [4.78, 5) is 21.5. The minimum absolute atomic E-state index is 0.148. The maximum Gasteiger partial charge on any atom is 0.305 e. The van der Waals surface area contributed by atoms with Gasteiger partial charge >= 0.3 is 5.97 Å². The highest BCUT2D eigenvalue weighted by atomic mass is 16.4. The molecule has 1 aromatic rings. The van der Waals surface area contributed by atoms with Crippen molar-refractivity contribution in [3.8, 4) is 0 Å². The molecule has 6 heteroatoms. The molecule has 0 aliphatic heterocycles. The van der Waals surface area contributed by atoms with Crippen molar-refractivity contribution < 1.29 is 14.7 Å². The lowest BCUT2D eigenvalue weighted by atomic mass is 10.1. The topological polar surface area (TPSA) is 84.2 Å². The van der Waals surface area contributed by atoms with Crippen molar-refractivity contribution in [1.82, 2.24) is 15.1 Å². The number of hydrogen-bond donors (Lipinski definition) is 2. The lowest BCUT2D eigenvalue weighted by molar-refractivity contribution is -0.137. The molecule has 1 rings (SSSR count). The van der Waals surface area contributed by atoms with Crippen molar-refractivity contribution in [1.29, 1.82) is 0 Å². The van der Waals surface area contributed by atoms with Gasteiger partial charge in [0.2, 0.25) is 5.91 Å². The number of carboxylic acid groups (broad SMARTS) is 1. The van der Waals surface area contributed by atoms with Gasteiger partial charge in [0.1, 0.15) is 0 Å². The molecular formula is C9H13N3O3. The van der Waals surface area contributed by atoms with Crippen LogP contribution >= 0.6 is 0 Å². The van der Waals surface area contributed by atoms with Gasteiger partial charge in [0, 0.05) is 25.7 Å². The molecule has 1 aromatic heterocycles. The van der Waals surface area contributed by atoms with E-state index in [1.165, 1.54) is 6.92 Å². The SMILES string of the molecule is CC(=O)NC(CC(=O)O)c1cnn(C)c1. The van der Waals surface area contributed by atoms with Crippen molar-refractivity contribution in [2.24, 2.45) is 7.05 Å². The molecule has 0 saturated carbocycles. The molecule has 82 valence electrons. The van der Waals surface area contributed by atoms with Gasteiger partial charge in [-0.05, 0) is 0 Å². The van der Waals surface area contributed by atoms with Crippen molar-refractivity contribution >= 4 is 11.9 Å². The molecule has 1 heterocycles. The average molecular weight is 211 g/mol. The second-order valence-corrected chi connectivity index (χ2v) is 3.30. The van der Waals surface area contributed by atoms with Gasteiger partial charge in [-0.15, -0.1) is 0 Å². The molecule has 0 aromatic carbocycles. The van der Waals surface area contributed by atoms with Crippen molar-refractivity contribution in [3.05, 3.63) is 18.0 Å². The van der Waals surface area contributed by atoms with E-state index in [0.29, 0.717) is 5.56 Å². The number of carbonyl (C=O) groups is 2. The van der Waals surface area contributed by atoms with Crippen LogP contribution < -0.4 is 5.32 Å². The van der Waals surface area contributed by atoms with Crippen LogP contribution in [0.3, 0.4) is 0 Å². The van der Waals surface area contributed by atoms with E-state index in [0.717, 1.165) is 0 Å². The second kappa shape index (κ2) is 4.59. The zero-order chi connectivity index (χ0) is 11.4. The summed E-state index contributed by atoms with van der Waals surface area (Å²) in [5.41, 5.74) is 0.690. The molecule has 0 bridgehead atoms. The predicted molar refractivity (Wildman–Crippen MR) is 52.0 cm³/mol. The lowest BCUT2D eigenvalue weighted by Gasteiger charge is -2.13. The zero-order valence-electron chi connectivity index (χ0n) is 8.60. The molecule has 0 radical (unpaired) electrons. The van der Waals surface area contributed by atoms with E-state index in [2.05, 4.69) is 10.4 Å². The van der Waals surface area contributed by atoms with Gasteiger partial charge in [-0.2, -0.15) is 5.10 Å². The van der Waals surface area contributed by atoms with Crippen LogP contribution in [0.5, 0.6) is 0 Å². The lowest BCUT2D eigenvalue weighted by Crippen LogP contribution is -2.27. The average Bonchev–Trinajstić information content (AvgIpc) is 2.48. The first-order valence-corrected chi connectivity index (χ1v) is 4.46. The monoisotopic (exact) mass is 211 g/mol. The molecule has 0 spiro atoms. The molecule has 0 aliphatic rings. The Hall–Kier alpha value is -1.85. The molecule has 0 fully saturated rings. The number of carboxylic acids is 1. The van der Waals surface area contributed by atoms with Crippen molar-refractivity contribution in [2.75, 3.05) is 0 Å². The number of hydrogen-bond acceptors (Lipinski definition) is 3. The first-order chi connectivity index (χ1) is 6.99. The zero-order valence-corrected chi connectivity index (χ0v) is 8.60. The number of aromatic nitrogens is 2. The fraction of sp³-hybridized carbons (Fsp3) is 0.444. The van der Waals surface area contributed by atoms with Gasteiger partial charge in [-0.3, -0.25) is 14.3 Å². The Kier molecular flexibility index (Phi) is 3.43. The quantitative estimate of drug-likeness (QED) is 0.738.